The fourth-order valence-corrected chi connectivity index (χ4v) is 5.00. The average Bonchev–Trinajstić information content (AvgIpc) is 2.88. The van der Waals surface area contributed by atoms with E-state index in [1.54, 1.807) is 0 Å². The van der Waals surface area contributed by atoms with Gasteiger partial charge in [-0.2, -0.15) is 0 Å². The number of carbonyl (C=O) groups excluding carboxylic acids is 2. The minimum Gasteiger partial charge on any atom is -0.394 e. The molecule has 218 valence electrons. The van der Waals surface area contributed by atoms with Gasteiger partial charge in [-0.25, -0.2) is 0 Å². The van der Waals surface area contributed by atoms with Gasteiger partial charge < -0.3 is 69.7 Å². The van der Waals surface area contributed by atoms with Gasteiger partial charge >= 0.3 is 0 Å². The van der Waals surface area contributed by atoms with Crippen molar-refractivity contribution in [2.75, 3.05) is 20.3 Å². The summed E-state index contributed by atoms with van der Waals surface area (Å²) in [7, 11) is 1.31. The molecule has 4 rings (SSSR count). The number of aliphatic hydroxyl groups is 6. The maximum Gasteiger partial charge on any atom is 0.252 e. The van der Waals surface area contributed by atoms with Gasteiger partial charge in [0, 0.05) is 26.5 Å². The monoisotopic (exact) mass is 552 g/mol. The number of hydrogen-bond acceptors (Lipinski definition) is 14. The highest BCUT2D eigenvalue weighted by molar-refractivity contribution is 5.83. The van der Waals surface area contributed by atoms with Gasteiger partial charge in [0.15, 0.2) is 25.0 Å². The number of fused-ring (bicyclic) bond motifs is 5. The predicted octanol–water partition coefficient (Wildman–Crippen LogP) is -5.21. The van der Waals surface area contributed by atoms with Crippen molar-refractivity contribution in [3.8, 4) is 0 Å². The standard InChI is InChI=1S/C22H36N2O14/c1-7-13(27)8-5-11(34-7)37-18-12(21(33-2)36-9(6-25)14(18)28)24-10(26)3-4-23-20(32)19-16(30)15(29)17(31)22(35-8)38-19/h7-9,11-19,21-22,25,27-31H,3-6H2,1-2H3,(H,23,32)(H,24,26)/t7-,8+,9+,11-,12+,13-,14?,15-,16-,17-,18+,19?,21+,22+/m0/s1. The number of hydrogen-bond donors (Lipinski definition) is 8. The van der Waals surface area contributed by atoms with Crippen molar-refractivity contribution in [3.05, 3.63) is 0 Å². The van der Waals surface area contributed by atoms with E-state index in [4.69, 9.17) is 28.4 Å². The van der Waals surface area contributed by atoms with E-state index in [1.165, 1.54) is 14.0 Å². The lowest BCUT2D eigenvalue weighted by Gasteiger charge is -2.47. The molecular weight excluding hydrogens is 516 g/mol. The molecular formula is C22H36N2O14. The molecule has 4 aliphatic rings. The second kappa shape index (κ2) is 12.3. The molecule has 0 aliphatic carbocycles. The van der Waals surface area contributed by atoms with Crippen LogP contribution in [0.25, 0.3) is 0 Å². The zero-order chi connectivity index (χ0) is 27.7. The molecule has 16 nitrogen and oxygen atoms in total. The first-order valence-electron chi connectivity index (χ1n) is 12.4. The lowest BCUT2D eigenvalue weighted by atomic mass is 9.95. The Balaban J connectivity index is 1.64. The Morgan fingerprint density at radius 2 is 1.66 bits per heavy atom. The van der Waals surface area contributed by atoms with Gasteiger partial charge in [-0.1, -0.05) is 0 Å². The summed E-state index contributed by atoms with van der Waals surface area (Å²) >= 11 is 0. The first-order valence-corrected chi connectivity index (χ1v) is 12.4. The first kappa shape index (κ1) is 29.4. The second-order valence-electron chi connectivity index (χ2n) is 9.76. The van der Waals surface area contributed by atoms with E-state index in [2.05, 4.69) is 10.6 Å². The minimum absolute atomic E-state index is 0.167. The maximum atomic E-state index is 12.7. The number of amides is 2. The summed E-state index contributed by atoms with van der Waals surface area (Å²) in [5, 5.41) is 67.4. The molecule has 8 N–H and O–H groups in total. The summed E-state index contributed by atoms with van der Waals surface area (Å²) in [6, 6.07) is -1.07. The molecule has 0 radical (unpaired) electrons. The van der Waals surface area contributed by atoms with Crippen LogP contribution in [0.4, 0.5) is 0 Å². The summed E-state index contributed by atoms with van der Waals surface area (Å²) in [5.74, 6) is -1.45. The van der Waals surface area contributed by atoms with Crippen molar-refractivity contribution in [2.24, 2.45) is 0 Å². The lowest BCUT2D eigenvalue weighted by molar-refractivity contribution is -0.344. The Hall–Kier alpha value is -1.54. The highest BCUT2D eigenvalue weighted by Gasteiger charge is 2.52. The molecule has 0 aromatic rings. The van der Waals surface area contributed by atoms with Crippen molar-refractivity contribution < 1.29 is 68.6 Å². The molecule has 2 amide bonds. The van der Waals surface area contributed by atoms with Crippen LogP contribution in [0.5, 0.6) is 0 Å². The van der Waals surface area contributed by atoms with Crippen molar-refractivity contribution in [3.63, 3.8) is 0 Å². The third kappa shape index (κ3) is 5.96. The van der Waals surface area contributed by atoms with Gasteiger partial charge in [0.2, 0.25) is 5.91 Å². The zero-order valence-corrected chi connectivity index (χ0v) is 20.9. The van der Waals surface area contributed by atoms with Crippen LogP contribution in [-0.4, -0.2) is 149 Å². The molecule has 16 heteroatoms. The van der Waals surface area contributed by atoms with Gasteiger partial charge in [-0.05, 0) is 6.92 Å². The highest BCUT2D eigenvalue weighted by atomic mass is 16.7. The molecule has 0 aromatic heterocycles. The first-order chi connectivity index (χ1) is 18.0. The van der Waals surface area contributed by atoms with Crippen LogP contribution in [0, 0.1) is 0 Å². The number of carbonyl (C=O) groups is 2. The third-order valence-electron chi connectivity index (χ3n) is 7.16. The van der Waals surface area contributed by atoms with Gasteiger partial charge in [0.1, 0.15) is 48.8 Å². The van der Waals surface area contributed by atoms with Gasteiger partial charge in [0.25, 0.3) is 5.91 Å². The van der Waals surface area contributed by atoms with Crippen LogP contribution >= 0.6 is 0 Å². The fraction of sp³-hybridized carbons (Fsp3) is 0.909. The fourth-order valence-electron chi connectivity index (χ4n) is 5.00. The predicted molar refractivity (Wildman–Crippen MR) is 120 cm³/mol. The Kier molecular flexibility index (Phi) is 9.55. The van der Waals surface area contributed by atoms with E-state index < -0.39 is 104 Å². The normalized spacial score (nSPS) is 48.9. The summed E-state index contributed by atoms with van der Waals surface area (Å²) < 4.78 is 33.9. The van der Waals surface area contributed by atoms with E-state index in [0.29, 0.717) is 0 Å². The molecule has 4 bridgehead atoms. The number of nitrogens with one attached hydrogen (secondary N) is 2. The van der Waals surface area contributed by atoms with Crippen LogP contribution in [-0.2, 0) is 38.0 Å². The van der Waals surface area contributed by atoms with Crippen LogP contribution < -0.4 is 10.6 Å². The van der Waals surface area contributed by atoms with E-state index >= 15 is 0 Å². The van der Waals surface area contributed by atoms with Crippen molar-refractivity contribution >= 4 is 11.8 Å². The van der Waals surface area contributed by atoms with Crippen molar-refractivity contribution in [1.82, 2.24) is 10.6 Å². The van der Waals surface area contributed by atoms with Crippen LogP contribution in [0.2, 0.25) is 0 Å². The molecule has 14 atom stereocenters. The molecule has 4 aliphatic heterocycles. The van der Waals surface area contributed by atoms with Crippen LogP contribution in [0.1, 0.15) is 19.8 Å². The lowest BCUT2D eigenvalue weighted by Crippen LogP contribution is -2.67. The molecule has 38 heavy (non-hydrogen) atoms. The van der Waals surface area contributed by atoms with E-state index in [-0.39, 0.29) is 19.4 Å². The number of ether oxygens (including phenoxy) is 6. The smallest absolute Gasteiger partial charge is 0.252 e. The van der Waals surface area contributed by atoms with Crippen molar-refractivity contribution in [2.45, 2.75) is 106 Å². The van der Waals surface area contributed by atoms with E-state index in [1.807, 2.05) is 0 Å². The number of methoxy groups -OCH3 is 1. The summed E-state index contributed by atoms with van der Waals surface area (Å²) in [6.45, 7) is 0.743. The van der Waals surface area contributed by atoms with Crippen LogP contribution in [0.3, 0.4) is 0 Å². The maximum absolute atomic E-state index is 12.7. The van der Waals surface area contributed by atoms with Gasteiger partial charge in [0.05, 0.1) is 18.8 Å². The highest BCUT2D eigenvalue weighted by Crippen LogP contribution is 2.32. The Bertz CT molecular complexity index is 836. The number of rotatable bonds is 2. The van der Waals surface area contributed by atoms with E-state index in [0.717, 1.165) is 0 Å². The molecule has 0 spiro atoms. The molecule has 4 saturated heterocycles. The van der Waals surface area contributed by atoms with Gasteiger partial charge in [-0.3, -0.25) is 9.59 Å². The summed E-state index contributed by atoms with van der Waals surface area (Å²) in [4.78, 5) is 25.4. The zero-order valence-electron chi connectivity index (χ0n) is 20.9. The largest absolute Gasteiger partial charge is 0.394 e. The van der Waals surface area contributed by atoms with Gasteiger partial charge in [-0.15, -0.1) is 0 Å². The molecule has 0 saturated carbocycles. The van der Waals surface area contributed by atoms with Crippen LogP contribution in [0.15, 0.2) is 0 Å². The molecule has 4 heterocycles. The van der Waals surface area contributed by atoms with Crippen molar-refractivity contribution in [1.29, 1.82) is 0 Å². The SMILES string of the molecule is CO[C@@H]1O[C@H](CO)C(O)[C@@H]2O[C@H]3C[C@@H](O[C@@H]4OC(C(=O)NCCC(=O)N[C@@H]12)[C@@H](O)[C@H](O)[C@@H]4O)[C@@H](O)[C@H](C)O3. The third-order valence-corrected chi connectivity index (χ3v) is 7.16. The quantitative estimate of drug-likeness (QED) is 0.160. The topological polar surface area (TPSA) is 235 Å². The molecule has 2 unspecified atom stereocenters. The Morgan fingerprint density at radius 3 is 2.34 bits per heavy atom. The minimum atomic E-state index is -1.81. The Morgan fingerprint density at radius 1 is 0.921 bits per heavy atom. The summed E-state index contributed by atoms with van der Waals surface area (Å²) in [5.41, 5.74) is 0. The average molecular weight is 553 g/mol. The second-order valence-corrected chi connectivity index (χ2v) is 9.76. The number of aliphatic hydroxyl groups excluding tert-OH is 6. The molecule has 4 fully saturated rings. The van der Waals surface area contributed by atoms with E-state index in [9.17, 15) is 40.2 Å². The summed E-state index contributed by atoms with van der Waals surface area (Å²) in [6.07, 6.45) is -18.3. The molecule has 0 aromatic carbocycles. The Labute approximate surface area is 217 Å².